The SMILES string of the molecule is COCCOCCOCCOc1ccc([B-](F)(F)F)c(F)c1.[K+]. The Kier molecular flexibility index (Phi) is 12.8. The maximum absolute atomic E-state index is 13.3. The molecule has 0 aliphatic carbocycles. The minimum absolute atomic E-state index is 0. The topological polar surface area (TPSA) is 36.9 Å². The van der Waals surface area contributed by atoms with Crippen LogP contribution in [0.1, 0.15) is 0 Å². The van der Waals surface area contributed by atoms with E-state index < -0.39 is 18.3 Å². The molecule has 0 N–H and O–H groups in total. The Labute approximate surface area is 175 Å². The molecule has 0 fully saturated rings. The summed E-state index contributed by atoms with van der Waals surface area (Å²) in [6.45, 7) is -3.29. The minimum atomic E-state index is -5.36. The molecule has 0 atom stereocenters. The maximum Gasteiger partial charge on any atom is 1.00 e. The van der Waals surface area contributed by atoms with Crippen molar-refractivity contribution >= 4 is 12.4 Å². The summed E-state index contributed by atoms with van der Waals surface area (Å²) >= 11 is 0. The van der Waals surface area contributed by atoms with Crippen LogP contribution in [-0.4, -0.2) is 53.7 Å². The molecular weight excluding hydrogens is 346 g/mol. The van der Waals surface area contributed by atoms with Crippen LogP contribution in [0.5, 0.6) is 5.75 Å². The quantitative estimate of drug-likeness (QED) is 0.285. The van der Waals surface area contributed by atoms with E-state index in [9.17, 15) is 17.3 Å². The van der Waals surface area contributed by atoms with Gasteiger partial charge in [0.15, 0.2) is 0 Å². The Bertz CT molecular complexity index is 448. The molecule has 0 amide bonds. The molecule has 0 aromatic heterocycles. The molecule has 1 aromatic carbocycles. The number of rotatable bonds is 11. The average molecular weight is 364 g/mol. The summed E-state index contributed by atoms with van der Waals surface area (Å²) < 4.78 is 70.8. The summed E-state index contributed by atoms with van der Waals surface area (Å²) in [5.41, 5.74) is -1.25. The van der Waals surface area contributed by atoms with E-state index in [1.807, 2.05) is 0 Å². The van der Waals surface area contributed by atoms with Gasteiger partial charge >= 0.3 is 58.4 Å². The second-order valence-corrected chi connectivity index (χ2v) is 4.32. The second-order valence-electron chi connectivity index (χ2n) is 4.32. The van der Waals surface area contributed by atoms with Crippen molar-refractivity contribution in [3.05, 3.63) is 24.0 Å². The van der Waals surface area contributed by atoms with Gasteiger partial charge in [-0.15, -0.1) is 0 Å². The van der Waals surface area contributed by atoms with E-state index >= 15 is 0 Å². The molecule has 1 rings (SSSR count). The normalized spacial score (nSPS) is 11.2. The fraction of sp³-hybridized carbons (Fsp3) is 0.538. The molecule has 4 nitrogen and oxygen atoms in total. The predicted octanol–water partition coefficient (Wildman–Crippen LogP) is -1.06. The Morgan fingerprint density at radius 3 is 2.00 bits per heavy atom. The number of halogens is 4. The van der Waals surface area contributed by atoms with Gasteiger partial charge in [-0.25, -0.2) is 4.39 Å². The van der Waals surface area contributed by atoms with Crippen molar-refractivity contribution in [2.75, 3.05) is 46.8 Å². The monoisotopic (exact) mass is 364 g/mol. The first kappa shape index (κ1) is 23.3. The van der Waals surface area contributed by atoms with Crippen molar-refractivity contribution in [2.24, 2.45) is 0 Å². The third kappa shape index (κ3) is 10.0. The van der Waals surface area contributed by atoms with Crippen LogP contribution in [0.2, 0.25) is 0 Å². The van der Waals surface area contributed by atoms with Gasteiger partial charge in [-0.2, -0.15) is 0 Å². The zero-order chi connectivity index (χ0) is 16.4. The summed E-state index contributed by atoms with van der Waals surface area (Å²) in [5, 5.41) is 0. The van der Waals surface area contributed by atoms with Gasteiger partial charge in [-0.3, -0.25) is 0 Å². The van der Waals surface area contributed by atoms with E-state index in [1.165, 1.54) is 0 Å². The summed E-state index contributed by atoms with van der Waals surface area (Å²) in [6, 6.07) is 2.48. The van der Waals surface area contributed by atoms with Gasteiger partial charge in [0.1, 0.15) is 12.4 Å². The van der Waals surface area contributed by atoms with Gasteiger partial charge in [0, 0.05) is 13.2 Å². The molecule has 0 bridgehead atoms. The van der Waals surface area contributed by atoms with Crippen LogP contribution in [0.3, 0.4) is 0 Å². The molecule has 0 aliphatic heterocycles. The summed E-state index contributed by atoms with van der Waals surface area (Å²) in [7, 11) is 1.57. The van der Waals surface area contributed by atoms with E-state index in [4.69, 9.17) is 18.9 Å². The fourth-order valence-electron chi connectivity index (χ4n) is 1.55. The van der Waals surface area contributed by atoms with Gasteiger partial charge in [0.2, 0.25) is 0 Å². The minimum Gasteiger partial charge on any atom is -0.491 e. The molecule has 0 spiro atoms. The van der Waals surface area contributed by atoms with Gasteiger partial charge in [0.05, 0.1) is 38.9 Å². The third-order valence-electron chi connectivity index (χ3n) is 2.62. The van der Waals surface area contributed by atoms with E-state index in [2.05, 4.69) is 0 Å². The first-order valence-corrected chi connectivity index (χ1v) is 6.71. The number of ether oxygens (including phenoxy) is 4. The van der Waals surface area contributed by atoms with Gasteiger partial charge < -0.3 is 31.9 Å². The van der Waals surface area contributed by atoms with Crippen LogP contribution in [-0.2, 0) is 14.2 Å². The molecule has 0 radical (unpaired) electrons. The average Bonchev–Trinajstić information content (AvgIpc) is 2.44. The van der Waals surface area contributed by atoms with Crippen LogP contribution >= 0.6 is 0 Å². The summed E-state index contributed by atoms with van der Waals surface area (Å²) in [6.07, 6.45) is 0. The number of hydrogen-bond donors (Lipinski definition) is 0. The Balaban J connectivity index is 0.00000484. The van der Waals surface area contributed by atoms with Crippen molar-refractivity contribution < 1.29 is 87.7 Å². The van der Waals surface area contributed by atoms with Crippen molar-refractivity contribution in [2.45, 2.75) is 0 Å². The Hall–Kier alpha value is 0.321. The molecule has 1 aromatic rings. The van der Waals surface area contributed by atoms with E-state index in [-0.39, 0.29) is 70.3 Å². The van der Waals surface area contributed by atoms with Crippen LogP contribution in [0.4, 0.5) is 17.3 Å². The van der Waals surface area contributed by atoms with Crippen LogP contribution < -0.4 is 61.6 Å². The van der Waals surface area contributed by atoms with Crippen molar-refractivity contribution in [3.63, 3.8) is 0 Å². The second kappa shape index (κ2) is 12.7. The van der Waals surface area contributed by atoms with Crippen LogP contribution in [0.15, 0.2) is 18.2 Å². The van der Waals surface area contributed by atoms with Crippen molar-refractivity contribution in [1.29, 1.82) is 0 Å². The fourth-order valence-corrected chi connectivity index (χ4v) is 1.55. The molecule has 126 valence electrons. The van der Waals surface area contributed by atoms with Gasteiger partial charge in [0.25, 0.3) is 0 Å². The molecule has 23 heavy (non-hydrogen) atoms. The maximum atomic E-state index is 13.3. The number of methoxy groups -OCH3 is 1. The zero-order valence-electron chi connectivity index (χ0n) is 13.2. The van der Waals surface area contributed by atoms with E-state index in [0.29, 0.717) is 32.5 Å². The van der Waals surface area contributed by atoms with E-state index in [0.717, 1.165) is 12.1 Å². The smallest absolute Gasteiger partial charge is 0.491 e. The summed E-state index contributed by atoms with van der Waals surface area (Å²) in [5.74, 6) is -1.31. The Morgan fingerprint density at radius 1 is 0.913 bits per heavy atom. The van der Waals surface area contributed by atoms with Crippen LogP contribution in [0, 0.1) is 5.82 Å². The first-order valence-electron chi connectivity index (χ1n) is 6.71. The third-order valence-corrected chi connectivity index (χ3v) is 2.62. The molecule has 0 saturated carbocycles. The largest absolute Gasteiger partial charge is 1.00 e. The van der Waals surface area contributed by atoms with Crippen molar-refractivity contribution in [1.82, 2.24) is 0 Å². The van der Waals surface area contributed by atoms with Crippen molar-refractivity contribution in [3.8, 4) is 5.75 Å². The number of hydrogen-bond acceptors (Lipinski definition) is 4. The number of benzene rings is 1. The molecule has 0 saturated heterocycles. The predicted molar refractivity (Wildman–Crippen MR) is 74.1 cm³/mol. The zero-order valence-corrected chi connectivity index (χ0v) is 16.3. The first-order chi connectivity index (χ1) is 10.4. The Morgan fingerprint density at radius 2 is 1.48 bits per heavy atom. The molecular formula is C13H18BF4KO4. The molecule has 0 aliphatic rings. The van der Waals surface area contributed by atoms with Gasteiger partial charge in [-0.1, -0.05) is 11.5 Å². The molecule has 0 unspecified atom stereocenters. The van der Waals surface area contributed by atoms with E-state index in [1.54, 1.807) is 7.11 Å². The summed E-state index contributed by atoms with van der Waals surface area (Å²) in [4.78, 5) is 0. The molecule has 10 heteroatoms. The van der Waals surface area contributed by atoms with Gasteiger partial charge in [-0.05, 0) is 6.07 Å². The molecule has 0 heterocycles. The standard InChI is InChI=1S/C13H18BF4O4.K/c1-19-4-5-20-6-7-21-8-9-22-11-2-3-12(13(15)10-11)14(16,17)18;/h2-3,10H,4-9H2,1H3;/q-1;+1. The van der Waals surface area contributed by atoms with Crippen LogP contribution in [0.25, 0.3) is 0 Å².